The van der Waals surface area contributed by atoms with E-state index in [1.807, 2.05) is 0 Å². The third-order valence-electron chi connectivity index (χ3n) is 1.59. The van der Waals surface area contributed by atoms with Gasteiger partial charge in [0.25, 0.3) is 0 Å². The van der Waals surface area contributed by atoms with Crippen molar-refractivity contribution in [3.8, 4) is 0 Å². The molecular formula is C6H10N2O3. The van der Waals surface area contributed by atoms with Gasteiger partial charge >= 0.3 is 12.0 Å². The van der Waals surface area contributed by atoms with Crippen molar-refractivity contribution < 1.29 is 14.3 Å². The van der Waals surface area contributed by atoms with Gasteiger partial charge in [-0.1, -0.05) is 0 Å². The van der Waals surface area contributed by atoms with Gasteiger partial charge in [-0.2, -0.15) is 0 Å². The predicted octanol–water partition coefficient (Wildman–Crippen LogP) is -0.817. The Kier molecular flexibility index (Phi) is 1.98. The first-order valence-corrected chi connectivity index (χ1v) is 3.24. The number of hydrogen-bond acceptors (Lipinski definition) is 3. The van der Waals surface area contributed by atoms with E-state index in [1.165, 1.54) is 12.0 Å². The first-order chi connectivity index (χ1) is 5.15. The predicted molar refractivity (Wildman–Crippen MR) is 37.0 cm³/mol. The maximum absolute atomic E-state index is 10.8. The van der Waals surface area contributed by atoms with Gasteiger partial charge in [0.1, 0.15) is 6.04 Å². The van der Waals surface area contributed by atoms with Crippen LogP contribution in [0.4, 0.5) is 4.79 Å². The van der Waals surface area contributed by atoms with Gasteiger partial charge < -0.3 is 15.0 Å². The molecule has 1 atom stereocenters. The summed E-state index contributed by atoms with van der Waals surface area (Å²) in [5.74, 6) is -0.400. The minimum Gasteiger partial charge on any atom is -0.467 e. The molecule has 0 aromatic heterocycles. The summed E-state index contributed by atoms with van der Waals surface area (Å²) in [4.78, 5) is 23.1. The van der Waals surface area contributed by atoms with Gasteiger partial charge in [0, 0.05) is 7.05 Å². The average molecular weight is 158 g/mol. The fourth-order valence-corrected chi connectivity index (χ4v) is 0.937. The second-order valence-electron chi connectivity index (χ2n) is 2.41. The molecule has 1 heterocycles. The molecule has 1 N–H and O–H groups in total. The highest BCUT2D eigenvalue weighted by Gasteiger charge is 2.31. The molecule has 0 aliphatic carbocycles. The van der Waals surface area contributed by atoms with Crippen molar-refractivity contribution >= 4 is 12.0 Å². The van der Waals surface area contributed by atoms with Crippen molar-refractivity contribution in [2.75, 3.05) is 20.7 Å². The molecule has 5 nitrogen and oxygen atoms in total. The molecule has 2 amide bonds. The van der Waals surface area contributed by atoms with Crippen LogP contribution in [-0.4, -0.2) is 43.6 Å². The molecule has 0 radical (unpaired) electrons. The summed E-state index contributed by atoms with van der Waals surface area (Å²) in [5.41, 5.74) is 0. The summed E-state index contributed by atoms with van der Waals surface area (Å²) in [7, 11) is 2.92. The third kappa shape index (κ3) is 1.42. The van der Waals surface area contributed by atoms with E-state index in [0.717, 1.165) is 0 Å². The van der Waals surface area contributed by atoms with Crippen molar-refractivity contribution in [2.45, 2.75) is 6.04 Å². The Labute approximate surface area is 64.3 Å². The number of likely N-dealkylation sites (N-methyl/N-ethyl adjacent to an activating group) is 1. The largest absolute Gasteiger partial charge is 0.467 e. The van der Waals surface area contributed by atoms with Crippen molar-refractivity contribution in [3.05, 3.63) is 0 Å². The average Bonchev–Trinajstić information content (AvgIpc) is 2.31. The van der Waals surface area contributed by atoms with Gasteiger partial charge in [0.2, 0.25) is 0 Å². The maximum atomic E-state index is 10.8. The molecular weight excluding hydrogens is 148 g/mol. The fourth-order valence-electron chi connectivity index (χ4n) is 0.937. The van der Waals surface area contributed by atoms with Crippen LogP contribution in [-0.2, 0) is 9.53 Å². The van der Waals surface area contributed by atoms with Gasteiger partial charge in [0.15, 0.2) is 0 Å². The van der Waals surface area contributed by atoms with E-state index in [-0.39, 0.29) is 6.03 Å². The Balaban J connectivity index is 2.53. The van der Waals surface area contributed by atoms with Gasteiger partial charge in [-0.15, -0.1) is 0 Å². The second-order valence-corrected chi connectivity index (χ2v) is 2.41. The van der Waals surface area contributed by atoms with E-state index in [4.69, 9.17) is 0 Å². The van der Waals surface area contributed by atoms with E-state index in [2.05, 4.69) is 10.1 Å². The van der Waals surface area contributed by atoms with Gasteiger partial charge in [-0.3, -0.25) is 0 Å². The summed E-state index contributed by atoms with van der Waals surface area (Å²) in [6, 6.07) is -0.738. The molecule has 1 fully saturated rings. The zero-order valence-corrected chi connectivity index (χ0v) is 6.46. The van der Waals surface area contributed by atoms with Crippen molar-refractivity contribution in [1.29, 1.82) is 0 Å². The van der Waals surface area contributed by atoms with E-state index < -0.39 is 12.0 Å². The molecule has 0 saturated carbocycles. The number of carbonyl (C=O) groups is 2. The highest BCUT2D eigenvalue weighted by molar-refractivity contribution is 5.87. The standard InChI is InChI=1S/C6H10N2O3/c1-8-3-4(5(9)11-2)7-6(8)10/h4H,3H2,1-2H3,(H,7,10)/t4-/m1/s1. The van der Waals surface area contributed by atoms with Crippen LogP contribution in [0.3, 0.4) is 0 Å². The highest BCUT2D eigenvalue weighted by atomic mass is 16.5. The van der Waals surface area contributed by atoms with Crippen LogP contribution in [0.1, 0.15) is 0 Å². The second kappa shape index (κ2) is 2.77. The lowest BCUT2D eigenvalue weighted by Gasteiger charge is -2.05. The molecule has 1 rings (SSSR count). The van der Waals surface area contributed by atoms with E-state index in [0.29, 0.717) is 6.54 Å². The molecule has 0 aromatic carbocycles. The summed E-state index contributed by atoms with van der Waals surface area (Å²) < 4.78 is 4.45. The summed E-state index contributed by atoms with van der Waals surface area (Å²) in [6.07, 6.45) is 0. The van der Waals surface area contributed by atoms with E-state index in [9.17, 15) is 9.59 Å². The SMILES string of the molecule is COC(=O)[C@H]1CN(C)C(=O)N1. The van der Waals surface area contributed by atoms with Gasteiger partial charge in [-0.25, -0.2) is 9.59 Å². The molecule has 0 spiro atoms. The van der Waals surface area contributed by atoms with Crippen LogP contribution < -0.4 is 5.32 Å². The van der Waals surface area contributed by atoms with Crippen LogP contribution >= 0.6 is 0 Å². The monoisotopic (exact) mass is 158 g/mol. The van der Waals surface area contributed by atoms with Crippen LogP contribution in [0.15, 0.2) is 0 Å². The summed E-state index contributed by atoms with van der Waals surface area (Å²) in [6.45, 7) is 0.380. The topological polar surface area (TPSA) is 58.6 Å². The van der Waals surface area contributed by atoms with Crippen LogP contribution in [0.5, 0.6) is 0 Å². The van der Waals surface area contributed by atoms with Crippen molar-refractivity contribution in [2.24, 2.45) is 0 Å². The van der Waals surface area contributed by atoms with Gasteiger partial charge in [-0.05, 0) is 0 Å². The Morgan fingerprint density at radius 2 is 2.45 bits per heavy atom. The Hall–Kier alpha value is -1.26. The number of nitrogens with zero attached hydrogens (tertiary/aromatic N) is 1. The first kappa shape index (κ1) is 7.84. The van der Waals surface area contributed by atoms with E-state index >= 15 is 0 Å². The number of nitrogens with one attached hydrogen (secondary N) is 1. The number of rotatable bonds is 1. The zero-order chi connectivity index (χ0) is 8.43. The molecule has 11 heavy (non-hydrogen) atoms. The van der Waals surface area contributed by atoms with Crippen molar-refractivity contribution in [3.63, 3.8) is 0 Å². The Bertz CT molecular complexity index is 192. The first-order valence-electron chi connectivity index (χ1n) is 3.24. The van der Waals surface area contributed by atoms with Crippen LogP contribution in [0.25, 0.3) is 0 Å². The number of amides is 2. The molecule has 1 saturated heterocycles. The number of hydrogen-bond donors (Lipinski definition) is 1. The normalized spacial score (nSPS) is 23.3. The number of esters is 1. The van der Waals surface area contributed by atoms with E-state index in [1.54, 1.807) is 7.05 Å². The Morgan fingerprint density at radius 1 is 1.82 bits per heavy atom. The third-order valence-corrected chi connectivity index (χ3v) is 1.59. The number of methoxy groups -OCH3 is 1. The minimum absolute atomic E-state index is 0.236. The summed E-state index contributed by atoms with van der Waals surface area (Å²) in [5, 5.41) is 2.47. The zero-order valence-electron chi connectivity index (χ0n) is 6.46. The van der Waals surface area contributed by atoms with Gasteiger partial charge in [0.05, 0.1) is 13.7 Å². The number of urea groups is 1. The summed E-state index contributed by atoms with van der Waals surface area (Å²) >= 11 is 0. The van der Waals surface area contributed by atoms with Crippen molar-refractivity contribution in [1.82, 2.24) is 10.2 Å². The van der Waals surface area contributed by atoms with Crippen LogP contribution in [0, 0.1) is 0 Å². The Morgan fingerprint density at radius 3 is 2.82 bits per heavy atom. The quantitative estimate of drug-likeness (QED) is 0.507. The molecule has 0 bridgehead atoms. The van der Waals surface area contributed by atoms with Crippen LogP contribution in [0.2, 0.25) is 0 Å². The minimum atomic E-state index is -0.502. The molecule has 0 aromatic rings. The highest BCUT2D eigenvalue weighted by Crippen LogP contribution is 2.01. The number of ether oxygens (including phenoxy) is 1. The fraction of sp³-hybridized carbons (Fsp3) is 0.667. The maximum Gasteiger partial charge on any atom is 0.330 e. The number of carbonyl (C=O) groups excluding carboxylic acids is 2. The smallest absolute Gasteiger partial charge is 0.330 e. The molecule has 0 unspecified atom stereocenters. The molecule has 62 valence electrons. The molecule has 1 aliphatic rings. The molecule has 5 heteroatoms. The molecule has 1 aliphatic heterocycles. The lowest BCUT2D eigenvalue weighted by atomic mass is 10.3. The lowest BCUT2D eigenvalue weighted by molar-refractivity contribution is -0.142. The lowest BCUT2D eigenvalue weighted by Crippen LogP contribution is -2.35.